The Balaban J connectivity index is 2.30. The van der Waals surface area contributed by atoms with Gasteiger partial charge in [-0.3, -0.25) is 19.4 Å². The van der Waals surface area contributed by atoms with Crippen molar-refractivity contribution in [2.45, 2.75) is 44.6 Å². The lowest BCUT2D eigenvalue weighted by Gasteiger charge is -2.26. The molecule has 1 saturated heterocycles. The molecule has 2 rings (SSSR count). The summed E-state index contributed by atoms with van der Waals surface area (Å²) in [7, 11) is -2.51. The summed E-state index contributed by atoms with van der Waals surface area (Å²) in [5, 5.41) is 0. The van der Waals surface area contributed by atoms with E-state index in [2.05, 4.69) is 9.62 Å². The number of rotatable bonds is 9. The molecule has 0 radical (unpaired) electrons. The van der Waals surface area contributed by atoms with E-state index in [4.69, 9.17) is 4.74 Å². The summed E-state index contributed by atoms with van der Waals surface area (Å²) in [6.45, 7) is 7.86. The largest absolute Gasteiger partial charge is 0.495 e. The molecule has 0 saturated carbocycles. The monoisotopic (exact) mass is 397 g/mol. The van der Waals surface area contributed by atoms with Crippen molar-refractivity contribution in [2.24, 2.45) is 0 Å². The van der Waals surface area contributed by atoms with Gasteiger partial charge in [0.2, 0.25) is 21.8 Å². The quantitative estimate of drug-likeness (QED) is 0.632. The van der Waals surface area contributed by atoms with Crippen LogP contribution in [0.15, 0.2) is 23.1 Å². The van der Waals surface area contributed by atoms with Crippen molar-refractivity contribution >= 4 is 27.5 Å². The number of benzene rings is 1. The highest BCUT2D eigenvalue weighted by Gasteiger charge is 2.32. The molecule has 1 N–H and O–H groups in total. The van der Waals surface area contributed by atoms with E-state index < -0.39 is 10.0 Å². The van der Waals surface area contributed by atoms with Crippen LogP contribution in [0, 0.1) is 0 Å². The van der Waals surface area contributed by atoms with Gasteiger partial charge in [-0.1, -0.05) is 13.8 Å². The highest BCUT2D eigenvalue weighted by Crippen LogP contribution is 2.31. The second kappa shape index (κ2) is 8.81. The second-order valence-corrected chi connectivity index (χ2v) is 8.12. The highest BCUT2D eigenvalue weighted by atomic mass is 32.2. The Bertz CT molecular complexity index is 789. The fourth-order valence-corrected chi connectivity index (χ4v) is 4.47. The first-order chi connectivity index (χ1) is 12.7. The molecule has 8 nitrogen and oxygen atoms in total. The van der Waals surface area contributed by atoms with Crippen LogP contribution in [0.25, 0.3) is 0 Å². The molecular weight excluding hydrogens is 370 g/mol. The van der Waals surface area contributed by atoms with Crippen LogP contribution < -0.4 is 14.4 Å². The van der Waals surface area contributed by atoms with Gasteiger partial charge in [-0.2, -0.15) is 0 Å². The van der Waals surface area contributed by atoms with Gasteiger partial charge in [-0.25, -0.2) is 13.1 Å². The minimum atomic E-state index is -3.89. The van der Waals surface area contributed by atoms with E-state index in [9.17, 15) is 18.0 Å². The number of ether oxygens (including phenoxy) is 1. The number of nitrogens with one attached hydrogen (secondary N) is 1. The third-order valence-corrected chi connectivity index (χ3v) is 6.20. The maximum Gasteiger partial charge on any atom is 0.244 e. The van der Waals surface area contributed by atoms with Gasteiger partial charge in [0.1, 0.15) is 10.6 Å². The van der Waals surface area contributed by atoms with Gasteiger partial charge in [-0.15, -0.1) is 0 Å². The number of carbonyl (C=O) groups is 2. The van der Waals surface area contributed by atoms with Crippen molar-refractivity contribution in [2.75, 3.05) is 31.6 Å². The van der Waals surface area contributed by atoms with E-state index in [0.29, 0.717) is 0 Å². The summed E-state index contributed by atoms with van der Waals surface area (Å²) in [5.41, 5.74) is 0.237. The lowest BCUT2D eigenvalue weighted by Crippen LogP contribution is -2.42. The maximum atomic E-state index is 12.8. The minimum absolute atomic E-state index is 0.0192. The highest BCUT2D eigenvalue weighted by molar-refractivity contribution is 7.89. The normalized spacial score (nSPS) is 16.3. The van der Waals surface area contributed by atoms with Crippen LogP contribution in [0.4, 0.5) is 5.69 Å². The molecular formula is C18H27N3O5S. The van der Waals surface area contributed by atoms with E-state index >= 15 is 0 Å². The van der Waals surface area contributed by atoms with E-state index in [1.54, 1.807) is 0 Å². The Morgan fingerprint density at radius 1 is 1.19 bits per heavy atom. The zero-order valence-corrected chi connectivity index (χ0v) is 17.0. The lowest BCUT2D eigenvalue weighted by atomic mass is 10.2. The first-order valence-electron chi connectivity index (χ1n) is 9.02. The molecule has 9 heteroatoms. The van der Waals surface area contributed by atoms with Crippen molar-refractivity contribution in [1.82, 2.24) is 9.62 Å². The molecule has 1 fully saturated rings. The second-order valence-electron chi connectivity index (χ2n) is 6.38. The number of imide groups is 1. The molecule has 1 aliphatic rings. The van der Waals surface area contributed by atoms with Gasteiger partial charge in [0, 0.05) is 25.4 Å². The lowest BCUT2D eigenvalue weighted by molar-refractivity contribution is -0.121. The SMILES string of the molecule is CCN(CC)C(C)CNS(=O)(=O)c1cc(N2C(=O)CCC2=O)ccc1OC. The zero-order chi connectivity index (χ0) is 20.2. The summed E-state index contributed by atoms with van der Waals surface area (Å²) >= 11 is 0. The smallest absolute Gasteiger partial charge is 0.244 e. The summed E-state index contributed by atoms with van der Waals surface area (Å²) in [4.78, 5) is 27.0. The van der Waals surface area contributed by atoms with E-state index in [0.717, 1.165) is 18.0 Å². The summed E-state index contributed by atoms with van der Waals surface area (Å²) < 4.78 is 33.5. The van der Waals surface area contributed by atoms with Crippen molar-refractivity contribution in [3.8, 4) is 5.75 Å². The van der Waals surface area contributed by atoms with Crippen LogP contribution in [0.1, 0.15) is 33.6 Å². The topological polar surface area (TPSA) is 96.0 Å². The first kappa shape index (κ1) is 21.3. The molecule has 1 aromatic rings. The number of anilines is 1. The Morgan fingerprint density at radius 2 is 1.78 bits per heavy atom. The van der Waals surface area contributed by atoms with Crippen LogP contribution in [0.2, 0.25) is 0 Å². The Kier molecular flexibility index (Phi) is 6.96. The van der Waals surface area contributed by atoms with Gasteiger partial charge in [0.15, 0.2) is 0 Å². The average Bonchev–Trinajstić information content (AvgIpc) is 2.99. The number of hydrogen-bond acceptors (Lipinski definition) is 6. The predicted octanol–water partition coefficient (Wildman–Crippen LogP) is 1.36. The van der Waals surface area contributed by atoms with Crippen molar-refractivity contribution in [3.63, 3.8) is 0 Å². The van der Waals surface area contributed by atoms with Crippen molar-refractivity contribution < 1.29 is 22.7 Å². The van der Waals surface area contributed by atoms with Crippen LogP contribution >= 0.6 is 0 Å². The minimum Gasteiger partial charge on any atom is -0.495 e. The van der Waals surface area contributed by atoms with Crippen LogP contribution in [-0.2, 0) is 19.6 Å². The number of amides is 2. The third-order valence-electron chi connectivity index (χ3n) is 4.75. The van der Waals surface area contributed by atoms with Gasteiger partial charge < -0.3 is 4.74 Å². The molecule has 1 atom stereocenters. The Labute approximate surface area is 160 Å². The molecule has 2 amide bonds. The third kappa shape index (κ3) is 4.66. The molecule has 0 spiro atoms. The molecule has 0 aliphatic carbocycles. The maximum absolute atomic E-state index is 12.8. The number of likely N-dealkylation sites (N-methyl/N-ethyl adjacent to an activating group) is 1. The Hall–Kier alpha value is -1.97. The fourth-order valence-electron chi connectivity index (χ4n) is 3.16. The molecule has 1 aromatic carbocycles. The van der Waals surface area contributed by atoms with Crippen LogP contribution in [-0.4, -0.2) is 57.9 Å². The standard InChI is InChI=1S/C18H27N3O5S/c1-5-20(6-2)13(3)12-19-27(24,25)16-11-14(7-8-15(16)26-4)21-17(22)9-10-18(21)23/h7-8,11,13,19H,5-6,9-10,12H2,1-4H3. The zero-order valence-electron chi connectivity index (χ0n) is 16.2. The first-order valence-corrected chi connectivity index (χ1v) is 10.5. The summed E-state index contributed by atoms with van der Waals surface area (Å²) in [6.07, 6.45) is 0.263. The molecule has 0 aromatic heterocycles. The molecule has 1 unspecified atom stereocenters. The summed E-state index contributed by atoms with van der Waals surface area (Å²) in [6, 6.07) is 4.30. The predicted molar refractivity (Wildman–Crippen MR) is 102 cm³/mol. The molecule has 1 heterocycles. The van der Waals surface area contributed by atoms with Crippen LogP contribution in [0.3, 0.4) is 0 Å². The average molecular weight is 397 g/mol. The fraction of sp³-hybridized carbons (Fsp3) is 0.556. The van der Waals surface area contributed by atoms with E-state index in [1.165, 1.54) is 25.3 Å². The van der Waals surface area contributed by atoms with Crippen molar-refractivity contribution in [1.29, 1.82) is 0 Å². The summed E-state index contributed by atoms with van der Waals surface area (Å²) in [5.74, 6) is -0.519. The van der Waals surface area contributed by atoms with Crippen LogP contribution in [0.5, 0.6) is 5.75 Å². The van der Waals surface area contributed by atoms with E-state index in [1.807, 2.05) is 20.8 Å². The number of carbonyl (C=O) groups excluding carboxylic acids is 2. The van der Waals surface area contributed by atoms with Gasteiger partial charge in [-0.05, 0) is 38.2 Å². The van der Waals surface area contributed by atoms with Gasteiger partial charge in [0.25, 0.3) is 0 Å². The molecule has 0 bridgehead atoms. The van der Waals surface area contributed by atoms with E-state index in [-0.39, 0.29) is 53.6 Å². The van der Waals surface area contributed by atoms with Gasteiger partial charge >= 0.3 is 0 Å². The van der Waals surface area contributed by atoms with Gasteiger partial charge in [0.05, 0.1) is 12.8 Å². The molecule has 1 aliphatic heterocycles. The number of methoxy groups -OCH3 is 1. The molecule has 150 valence electrons. The van der Waals surface area contributed by atoms with Crippen molar-refractivity contribution in [3.05, 3.63) is 18.2 Å². The Morgan fingerprint density at radius 3 is 2.30 bits per heavy atom. The number of hydrogen-bond donors (Lipinski definition) is 1. The number of sulfonamides is 1. The number of nitrogens with zero attached hydrogens (tertiary/aromatic N) is 2. The molecule has 27 heavy (non-hydrogen) atoms.